The number of carbonyl (C=O) groups excluding carboxylic acids is 2. The summed E-state index contributed by atoms with van der Waals surface area (Å²) in [5.41, 5.74) is 4.19. The number of benzene rings is 1. The number of fused-ring (bicyclic) bond motifs is 1. The number of piperidine rings is 1. The number of hydrogen-bond donors (Lipinski definition) is 1. The minimum Gasteiger partial charge on any atom is -0.342 e. The van der Waals surface area contributed by atoms with Crippen molar-refractivity contribution in [3.05, 3.63) is 52.8 Å². The average Bonchev–Trinajstić information content (AvgIpc) is 3.40. The molecule has 0 radical (unpaired) electrons. The van der Waals surface area contributed by atoms with E-state index in [0.29, 0.717) is 17.5 Å². The second kappa shape index (κ2) is 9.47. The minimum atomic E-state index is 0.0690. The Labute approximate surface area is 190 Å². The molecule has 170 valence electrons. The Morgan fingerprint density at radius 2 is 1.81 bits per heavy atom. The molecule has 5 rings (SSSR count). The van der Waals surface area contributed by atoms with E-state index in [1.54, 1.807) is 0 Å². The van der Waals surface area contributed by atoms with Gasteiger partial charge in [-0.25, -0.2) is 0 Å². The van der Waals surface area contributed by atoms with Gasteiger partial charge >= 0.3 is 0 Å². The highest BCUT2D eigenvalue weighted by atomic mass is 16.2. The van der Waals surface area contributed by atoms with Crippen LogP contribution < -0.4 is 0 Å². The highest BCUT2D eigenvalue weighted by Crippen LogP contribution is 2.33. The molecule has 1 N–H and O–H groups in total. The third-order valence-corrected chi connectivity index (χ3v) is 7.74. The van der Waals surface area contributed by atoms with Crippen LogP contribution in [-0.2, 0) is 24.1 Å². The average molecular weight is 435 g/mol. The Balaban J connectivity index is 1.18. The van der Waals surface area contributed by atoms with Gasteiger partial charge in [-0.2, -0.15) is 5.10 Å². The first-order valence-corrected chi connectivity index (χ1v) is 12.4. The Kier molecular flexibility index (Phi) is 6.28. The van der Waals surface area contributed by atoms with Crippen LogP contribution in [-0.4, -0.2) is 58.0 Å². The number of aromatic amines is 1. The molecule has 32 heavy (non-hydrogen) atoms. The molecule has 6 heteroatoms. The molecule has 2 fully saturated rings. The van der Waals surface area contributed by atoms with Crippen molar-refractivity contribution in [3.63, 3.8) is 0 Å². The van der Waals surface area contributed by atoms with Gasteiger partial charge in [0.1, 0.15) is 0 Å². The van der Waals surface area contributed by atoms with E-state index in [1.165, 1.54) is 5.56 Å². The quantitative estimate of drug-likeness (QED) is 0.781. The lowest BCUT2D eigenvalue weighted by atomic mass is 9.81. The lowest BCUT2D eigenvalue weighted by Gasteiger charge is -2.36. The zero-order valence-electron chi connectivity index (χ0n) is 18.9. The van der Waals surface area contributed by atoms with Gasteiger partial charge in [0.25, 0.3) is 5.91 Å². The summed E-state index contributed by atoms with van der Waals surface area (Å²) in [6.45, 7) is 3.16. The second-order valence-corrected chi connectivity index (χ2v) is 9.68. The summed E-state index contributed by atoms with van der Waals surface area (Å²) in [6.07, 6.45) is 9.03. The maximum Gasteiger partial charge on any atom is 0.274 e. The van der Waals surface area contributed by atoms with Crippen LogP contribution in [0.5, 0.6) is 0 Å². The number of likely N-dealkylation sites (tertiary alicyclic amines) is 2. The second-order valence-electron chi connectivity index (χ2n) is 9.68. The van der Waals surface area contributed by atoms with Gasteiger partial charge in [0.15, 0.2) is 5.69 Å². The highest BCUT2D eigenvalue weighted by molar-refractivity contribution is 5.94. The van der Waals surface area contributed by atoms with E-state index in [2.05, 4.69) is 39.4 Å². The number of amides is 2. The Morgan fingerprint density at radius 3 is 2.62 bits per heavy atom. The molecule has 2 amide bonds. The molecule has 6 nitrogen and oxygen atoms in total. The van der Waals surface area contributed by atoms with Crippen molar-refractivity contribution in [1.29, 1.82) is 0 Å². The number of aryl methyl sites for hydroxylation is 1. The molecule has 3 heterocycles. The summed E-state index contributed by atoms with van der Waals surface area (Å²) in [5, 5.41) is 7.38. The van der Waals surface area contributed by atoms with E-state index >= 15 is 0 Å². The number of aromatic nitrogens is 2. The first-order chi connectivity index (χ1) is 15.7. The minimum absolute atomic E-state index is 0.0690. The Bertz CT molecular complexity index is 946. The topological polar surface area (TPSA) is 69.3 Å². The predicted octanol–water partition coefficient (Wildman–Crippen LogP) is 3.62. The van der Waals surface area contributed by atoms with E-state index in [1.807, 2.05) is 11.0 Å². The van der Waals surface area contributed by atoms with Crippen molar-refractivity contribution in [2.75, 3.05) is 26.2 Å². The van der Waals surface area contributed by atoms with Crippen LogP contribution in [0.15, 0.2) is 30.3 Å². The van der Waals surface area contributed by atoms with E-state index in [4.69, 9.17) is 0 Å². The predicted molar refractivity (Wildman–Crippen MR) is 123 cm³/mol. The third kappa shape index (κ3) is 4.32. The van der Waals surface area contributed by atoms with Gasteiger partial charge in [0, 0.05) is 43.4 Å². The fraction of sp³-hybridized carbons (Fsp3) is 0.577. The molecule has 3 aliphatic rings. The molecule has 1 aliphatic carbocycles. The molecule has 2 aliphatic heterocycles. The van der Waals surface area contributed by atoms with Crippen molar-refractivity contribution < 1.29 is 9.59 Å². The van der Waals surface area contributed by atoms with E-state index in [-0.39, 0.29) is 11.8 Å². The summed E-state index contributed by atoms with van der Waals surface area (Å²) in [6, 6.07) is 10.4. The first kappa shape index (κ1) is 21.2. The van der Waals surface area contributed by atoms with Crippen molar-refractivity contribution in [2.24, 2.45) is 11.8 Å². The maximum atomic E-state index is 13.4. The van der Waals surface area contributed by atoms with Gasteiger partial charge in [-0.15, -0.1) is 0 Å². The molecule has 1 atom stereocenters. The summed E-state index contributed by atoms with van der Waals surface area (Å²) < 4.78 is 0. The van der Waals surface area contributed by atoms with Crippen LogP contribution in [0.25, 0.3) is 0 Å². The smallest absolute Gasteiger partial charge is 0.274 e. The van der Waals surface area contributed by atoms with Gasteiger partial charge in [0.05, 0.1) is 0 Å². The summed E-state index contributed by atoms with van der Waals surface area (Å²) in [5.74, 6) is 0.904. The van der Waals surface area contributed by atoms with Crippen molar-refractivity contribution in [1.82, 2.24) is 20.0 Å². The number of nitrogens with one attached hydrogen (secondary N) is 1. The monoisotopic (exact) mass is 434 g/mol. The van der Waals surface area contributed by atoms with Gasteiger partial charge in [-0.3, -0.25) is 14.7 Å². The molecule has 0 bridgehead atoms. The molecule has 2 saturated heterocycles. The lowest BCUT2D eigenvalue weighted by molar-refractivity contribution is -0.137. The van der Waals surface area contributed by atoms with Gasteiger partial charge in [-0.1, -0.05) is 36.8 Å². The zero-order valence-corrected chi connectivity index (χ0v) is 18.9. The molecule has 0 spiro atoms. The molecular weight excluding hydrogens is 400 g/mol. The van der Waals surface area contributed by atoms with Crippen LogP contribution in [0.2, 0.25) is 0 Å². The summed E-state index contributed by atoms with van der Waals surface area (Å²) in [7, 11) is 0. The van der Waals surface area contributed by atoms with Crippen LogP contribution in [0, 0.1) is 11.8 Å². The number of carbonyl (C=O) groups is 2. The highest BCUT2D eigenvalue weighted by Gasteiger charge is 2.36. The van der Waals surface area contributed by atoms with Crippen molar-refractivity contribution in [3.8, 4) is 0 Å². The first-order valence-electron chi connectivity index (χ1n) is 12.4. The normalized spacial score (nSPS) is 22.1. The summed E-state index contributed by atoms with van der Waals surface area (Å²) >= 11 is 0. The largest absolute Gasteiger partial charge is 0.342 e. The number of nitrogens with zero attached hydrogens (tertiary/aromatic N) is 3. The molecule has 2 aromatic rings. The van der Waals surface area contributed by atoms with Crippen LogP contribution >= 0.6 is 0 Å². The summed E-state index contributed by atoms with van der Waals surface area (Å²) in [4.78, 5) is 30.6. The SMILES string of the molecule is O=C(c1n[nH]c2c1CCC2)N1CCC([C@@H]2CCCCN(CCc3ccccc3)C2=O)CC1. The van der Waals surface area contributed by atoms with Crippen LogP contribution in [0.4, 0.5) is 0 Å². The van der Waals surface area contributed by atoms with Gasteiger partial charge in [0.2, 0.25) is 5.91 Å². The molecule has 1 aromatic heterocycles. The molecule has 0 unspecified atom stereocenters. The fourth-order valence-electron chi connectivity index (χ4n) is 5.85. The molecular formula is C26H34N4O2. The number of rotatable bonds is 5. The van der Waals surface area contributed by atoms with Crippen LogP contribution in [0.1, 0.15) is 65.8 Å². The van der Waals surface area contributed by atoms with Gasteiger partial charge < -0.3 is 9.80 Å². The lowest BCUT2D eigenvalue weighted by Crippen LogP contribution is -2.44. The molecule has 1 aromatic carbocycles. The van der Waals surface area contributed by atoms with Crippen molar-refractivity contribution in [2.45, 2.75) is 57.8 Å². The molecule has 0 saturated carbocycles. The number of hydrogen-bond acceptors (Lipinski definition) is 3. The van der Waals surface area contributed by atoms with Crippen molar-refractivity contribution >= 4 is 11.8 Å². The third-order valence-electron chi connectivity index (χ3n) is 7.74. The fourth-order valence-corrected chi connectivity index (χ4v) is 5.85. The zero-order chi connectivity index (χ0) is 21.9. The Morgan fingerprint density at radius 1 is 1.00 bits per heavy atom. The maximum absolute atomic E-state index is 13.4. The van der Waals surface area contributed by atoms with Crippen LogP contribution in [0.3, 0.4) is 0 Å². The Hall–Kier alpha value is -2.63. The van der Waals surface area contributed by atoms with E-state index < -0.39 is 0 Å². The number of H-pyrrole nitrogens is 1. The van der Waals surface area contributed by atoms with E-state index in [9.17, 15) is 9.59 Å². The standard InChI is InChI=1S/C26H34N4O2/c31-25-21(9-4-5-15-29(25)16-12-19-7-2-1-3-8-19)20-13-17-30(18-14-20)26(32)24-22-10-6-11-23(22)27-28-24/h1-3,7-8,20-21H,4-6,9-18H2,(H,27,28)/t21-/m0/s1. The van der Waals surface area contributed by atoms with E-state index in [0.717, 1.165) is 95.2 Å². The van der Waals surface area contributed by atoms with Gasteiger partial charge in [-0.05, 0) is 62.8 Å².